The molecule has 0 aromatic carbocycles. The number of Topliss-reactive ketones (excluding diaryl/α,β-unsaturated/α-hetero) is 1. The first-order valence-corrected chi connectivity index (χ1v) is 9.84. The number of rotatable bonds is 0. The Morgan fingerprint density at radius 3 is 2.59 bits per heavy atom. The fourth-order valence-electron chi connectivity index (χ4n) is 6.36. The number of allylic oxidation sites excluding steroid dienone is 1. The van der Waals surface area contributed by atoms with Crippen molar-refractivity contribution in [1.82, 2.24) is 0 Å². The molecular weight excluding hydrogens is 340 g/mol. The average molecular weight is 367 g/mol. The van der Waals surface area contributed by atoms with Crippen molar-refractivity contribution in [1.29, 1.82) is 0 Å². The van der Waals surface area contributed by atoms with Crippen molar-refractivity contribution in [3.05, 3.63) is 11.6 Å². The van der Waals surface area contributed by atoms with Crippen LogP contribution >= 0.6 is 15.9 Å². The number of hydrogen-bond acceptors (Lipinski definition) is 2. The highest BCUT2D eigenvalue weighted by atomic mass is 79.9. The van der Waals surface area contributed by atoms with Crippen LogP contribution in [0.3, 0.4) is 0 Å². The summed E-state index contributed by atoms with van der Waals surface area (Å²) in [6.07, 6.45) is 9.26. The van der Waals surface area contributed by atoms with Crippen molar-refractivity contribution < 1.29 is 9.90 Å². The van der Waals surface area contributed by atoms with Gasteiger partial charge in [-0.2, -0.15) is 0 Å². The van der Waals surface area contributed by atoms with Crippen molar-refractivity contribution in [2.24, 2.45) is 28.6 Å². The van der Waals surface area contributed by atoms with Crippen LogP contribution in [0.2, 0.25) is 0 Å². The summed E-state index contributed by atoms with van der Waals surface area (Å²) in [5, 5.41) is 10.1. The van der Waals surface area contributed by atoms with Crippen LogP contribution in [0.1, 0.15) is 58.8 Å². The molecule has 2 nitrogen and oxygen atoms in total. The Kier molecular flexibility index (Phi) is 3.44. The Morgan fingerprint density at radius 2 is 1.82 bits per heavy atom. The number of carbonyl (C=O) groups is 1. The zero-order valence-electron chi connectivity index (χ0n) is 13.6. The topological polar surface area (TPSA) is 37.3 Å². The van der Waals surface area contributed by atoms with E-state index < -0.39 is 0 Å². The Bertz CT molecular complexity index is 542. The minimum Gasteiger partial charge on any atom is -0.393 e. The molecule has 7 atom stereocenters. The summed E-state index contributed by atoms with van der Waals surface area (Å²) >= 11 is 3.95. The SMILES string of the molecule is C[C@]12CCC(O)CC1=CC(Br)[C@@H]1[C@H]2CC[C@]2(C)C(=O)CC[C@@H]12. The van der Waals surface area contributed by atoms with E-state index in [9.17, 15) is 9.90 Å². The van der Waals surface area contributed by atoms with Gasteiger partial charge in [0.2, 0.25) is 0 Å². The summed E-state index contributed by atoms with van der Waals surface area (Å²) < 4.78 is 0. The summed E-state index contributed by atoms with van der Waals surface area (Å²) in [5.41, 5.74) is 1.66. The van der Waals surface area contributed by atoms with Crippen molar-refractivity contribution >= 4 is 21.7 Å². The van der Waals surface area contributed by atoms with Gasteiger partial charge in [0, 0.05) is 16.7 Å². The minimum absolute atomic E-state index is 0.0664. The second-order valence-corrected chi connectivity index (χ2v) is 9.72. The maximum atomic E-state index is 12.5. The molecule has 1 N–H and O–H groups in total. The molecule has 2 unspecified atom stereocenters. The number of ketones is 1. The fourth-order valence-corrected chi connectivity index (χ4v) is 7.41. The number of hydrogen-bond donors (Lipinski definition) is 1. The molecule has 4 aliphatic carbocycles. The maximum absolute atomic E-state index is 12.5. The van der Waals surface area contributed by atoms with Crippen molar-refractivity contribution in [3.63, 3.8) is 0 Å². The molecule has 3 fully saturated rings. The molecule has 0 amide bonds. The van der Waals surface area contributed by atoms with Gasteiger partial charge in [0.25, 0.3) is 0 Å². The molecule has 4 rings (SSSR count). The summed E-state index contributed by atoms with van der Waals surface area (Å²) in [5.74, 6) is 2.32. The van der Waals surface area contributed by atoms with Gasteiger partial charge in [0.15, 0.2) is 0 Å². The number of aliphatic hydroxyl groups is 1. The van der Waals surface area contributed by atoms with Gasteiger partial charge < -0.3 is 5.11 Å². The Morgan fingerprint density at radius 1 is 1.14 bits per heavy atom. The summed E-state index contributed by atoms with van der Waals surface area (Å²) in [6.45, 7) is 4.66. The van der Waals surface area contributed by atoms with E-state index in [1.165, 1.54) is 12.0 Å². The smallest absolute Gasteiger partial charge is 0.139 e. The van der Waals surface area contributed by atoms with Crippen LogP contribution in [0.4, 0.5) is 0 Å². The van der Waals surface area contributed by atoms with Crippen LogP contribution in [-0.2, 0) is 4.79 Å². The van der Waals surface area contributed by atoms with Gasteiger partial charge in [-0.1, -0.05) is 41.4 Å². The first kappa shape index (κ1) is 15.4. The summed E-state index contributed by atoms with van der Waals surface area (Å²) in [6, 6.07) is 0. The van der Waals surface area contributed by atoms with E-state index in [0.717, 1.165) is 38.5 Å². The van der Waals surface area contributed by atoms with Crippen LogP contribution in [0.15, 0.2) is 11.6 Å². The number of fused-ring (bicyclic) bond motifs is 5. The predicted molar refractivity (Wildman–Crippen MR) is 90.8 cm³/mol. The highest BCUT2D eigenvalue weighted by Crippen LogP contribution is 2.64. The molecule has 0 saturated heterocycles. The van der Waals surface area contributed by atoms with Gasteiger partial charge in [-0.15, -0.1) is 0 Å². The highest BCUT2D eigenvalue weighted by Gasteiger charge is 2.60. The van der Waals surface area contributed by atoms with Crippen LogP contribution in [0, 0.1) is 28.6 Å². The van der Waals surface area contributed by atoms with E-state index in [4.69, 9.17) is 0 Å². The summed E-state index contributed by atoms with van der Waals surface area (Å²) in [7, 11) is 0. The molecule has 0 aromatic rings. The van der Waals surface area contributed by atoms with Gasteiger partial charge in [0.1, 0.15) is 5.78 Å². The monoisotopic (exact) mass is 366 g/mol. The number of halogens is 1. The number of alkyl halides is 1. The van der Waals surface area contributed by atoms with Crippen LogP contribution in [-0.4, -0.2) is 21.8 Å². The standard InChI is InChI=1S/C19H27BrO2/c1-18-7-5-12(21)9-11(18)10-15(20)17-13-3-4-16(22)19(13,2)8-6-14(17)18/h10,12-15,17,21H,3-9H2,1-2H3/t12?,13-,14+,15?,17-,18-,19-/m0/s1. The molecule has 0 spiro atoms. The number of aliphatic hydroxyl groups excluding tert-OH is 1. The molecular formula is C19H27BrO2. The molecule has 0 heterocycles. The van der Waals surface area contributed by atoms with Crippen LogP contribution in [0.25, 0.3) is 0 Å². The Hall–Kier alpha value is -0.150. The van der Waals surface area contributed by atoms with Crippen molar-refractivity contribution in [2.75, 3.05) is 0 Å². The zero-order valence-corrected chi connectivity index (χ0v) is 15.2. The fraction of sp³-hybridized carbons (Fsp3) is 0.842. The Balaban J connectivity index is 1.75. The lowest BCUT2D eigenvalue weighted by Crippen LogP contribution is -2.53. The average Bonchev–Trinajstić information content (AvgIpc) is 2.77. The van der Waals surface area contributed by atoms with Gasteiger partial charge >= 0.3 is 0 Å². The van der Waals surface area contributed by atoms with Gasteiger partial charge in [0.05, 0.1) is 6.10 Å². The third kappa shape index (κ3) is 1.90. The highest BCUT2D eigenvalue weighted by molar-refractivity contribution is 9.09. The molecule has 3 heteroatoms. The van der Waals surface area contributed by atoms with E-state index in [1.54, 1.807) is 0 Å². The summed E-state index contributed by atoms with van der Waals surface area (Å²) in [4.78, 5) is 12.8. The first-order valence-electron chi connectivity index (χ1n) is 8.93. The zero-order chi connectivity index (χ0) is 15.7. The largest absolute Gasteiger partial charge is 0.393 e. The van der Waals surface area contributed by atoms with Gasteiger partial charge in [-0.3, -0.25) is 4.79 Å². The third-order valence-electron chi connectivity index (χ3n) is 7.77. The number of carbonyl (C=O) groups excluding carboxylic acids is 1. The predicted octanol–water partition coefficient (Wildman–Crippen LogP) is 4.25. The van der Waals surface area contributed by atoms with E-state index in [2.05, 4.69) is 35.9 Å². The lowest BCUT2D eigenvalue weighted by Gasteiger charge is -2.58. The molecule has 0 bridgehead atoms. The van der Waals surface area contributed by atoms with E-state index in [0.29, 0.717) is 28.4 Å². The van der Waals surface area contributed by atoms with E-state index >= 15 is 0 Å². The second-order valence-electron chi connectivity index (χ2n) is 8.66. The van der Waals surface area contributed by atoms with Crippen LogP contribution in [0.5, 0.6) is 0 Å². The molecule has 0 aromatic heterocycles. The minimum atomic E-state index is -0.155. The van der Waals surface area contributed by atoms with Gasteiger partial charge in [-0.05, 0) is 61.7 Å². The van der Waals surface area contributed by atoms with Gasteiger partial charge in [-0.25, -0.2) is 0 Å². The lowest BCUT2D eigenvalue weighted by molar-refractivity contribution is -0.131. The van der Waals surface area contributed by atoms with E-state index in [1.807, 2.05) is 0 Å². The van der Waals surface area contributed by atoms with E-state index in [-0.39, 0.29) is 16.9 Å². The lowest BCUT2D eigenvalue weighted by atomic mass is 9.48. The Labute approximate surface area is 141 Å². The molecule has 3 saturated carbocycles. The second kappa shape index (κ2) is 4.92. The quantitative estimate of drug-likeness (QED) is 0.513. The molecule has 4 aliphatic rings. The maximum Gasteiger partial charge on any atom is 0.139 e. The van der Waals surface area contributed by atoms with Crippen molar-refractivity contribution in [2.45, 2.75) is 69.7 Å². The molecule has 22 heavy (non-hydrogen) atoms. The first-order chi connectivity index (χ1) is 10.4. The van der Waals surface area contributed by atoms with Crippen molar-refractivity contribution in [3.8, 4) is 0 Å². The molecule has 0 aliphatic heterocycles. The normalized spacial score (nSPS) is 54.3. The third-order valence-corrected chi connectivity index (χ3v) is 8.65. The molecule has 122 valence electrons. The van der Waals surface area contributed by atoms with Crippen LogP contribution < -0.4 is 0 Å². The molecule has 0 radical (unpaired) electrons.